The third-order valence-electron chi connectivity index (χ3n) is 0.878. The lowest BCUT2D eigenvalue weighted by molar-refractivity contribution is 0.653. The fraction of sp³-hybridized carbons (Fsp3) is 0.667. The molecule has 0 radical (unpaired) electrons. The van der Waals surface area contributed by atoms with Crippen LogP contribution in [0.2, 0.25) is 0 Å². The molecule has 0 aromatic heterocycles. The number of hydrogen-bond acceptors (Lipinski definition) is 3. The molecule has 0 amide bonds. The van der Waals surface area contributed by atoms with Crippen LogP contribution in [0.3, 0.4) is 0 Å². The summed E-state index contributed by atoms with van der Waals surface area (Å²) in [5.74, 6) is 0.345. The van der Waals surface area contributed by atoms with E-state index in [4.69, 9.17) is 34.8 Å². The van der Waals surface area contributed by atoms with Crippen molar-refractivity contribution in [2.75, 3.05) is 6.67 Å². The predicted octanol–water partition coefficient (Wildman–Crippen LogP) is 1.84. The predicted molar refractivity (Wildman–Crippen MR) is 46.5 cm³/mol. The summed E-state index contributed by atoms with van der Waals surface area (Å²) in [4.78, 5) is 0. The molecule has 0 aromatic carbocycles. The lowest BCUT2D eigenvalue weighted by atomic mass is 10.7. The van der Waals surface area contributed by atoms with E-state index >= 15 is 0 Å². The Morgan fingerprint density at radius 2 is 2.20 bits per heavy atom. The van der Waals surface area contributed by atoms with Crippen molar-refractivity contribution in [1.29, 1.82) is 0 Å². The number of halogens is 4. The Morgan fingerprint density at radius 3 is 2.40 bits per heavy atom. The van der Waals surface area contributed by atoms with Crippen LogP contribution >= 0.6 is 51.0 Å². The Balaban J connectivity index is 2.72. The molecular formula is C3H3BrCl3N3. The molecule has 1 heterocycles. The maximum Gasteiger partial charge on any atom is 0.250 e. The molecule has 0 aliphatic carbocycles. The Morgan fingerprint density at radius 1 is 1.60 bits per heavy atom. The summed E-state index contributed by atoms with van der Waals surface area (Å²) in [5.41, 5.74) is 2.64. The molecule has 0 aromatic rings. The summed E-state index contributed by atoms with van der Waals surface area (Å²) in [5, 5.41) is 3.74. The monoisotopic (exact) mass is 265 g/mol. The molecule has 0 atom stereocenters. The third kappa shape index (κ3) is 1.81. The van der Waals surface area contributed by atoms with Crippen molar-refractivity contribution in [2.45, 2.75) is 3.79 Å². The lowest BCUT2D eigenvalue weighted by Crippen LogP contribution is -2.29. The van der Waals surface area contributed by atoms with E-state index in [0.29, 0.717) is 12.5 Å². The topological polar surface area (TPSA) is 27.6 Å². The zero-order valence-electron chi connectivity index (χ0n) is 4.61. The minimum atomic E-state index is -1.47. The first-order valence-corrected chi connectivity index (χ1v) is 4.17. The highest BCUT2D eigenvalue weighted by atomic mass is 79.9. The Bertz CT molecular complexity index is 165. The average molecular weight is 267 g/mol. The van der Waals surface area contributed by atoms with Gasteiger partial charge in [0, 0.05) is 0 Å². The van der Waals surface area contributed by atoms with Crippen molar-refractivity contribution in [3.63, 3.8) is 0 Å². The van der Waals surface area contributed by atoms with Gasteiger partial charge in [-0.2, -0.15) is 5.10 Å². The first-order chi connectivity index (χ1) is 4.52. The normalized spacial score (nSPS) is 18.8. The molecule has 3 nitrogen and oxygen atoms in total. The number of nitrogens with one attached hydrogen (secondary N) is 1. The maximum atomic E-state index is 5.52. The van der Waals surface area contributed by atoms with Crippen LogP contribution in [0.25, 0.3) is 0 Å². The van der Waals surface area contributed by atoms with E-state index in [2.05, 4.69) is 26.7 Å². The molecule has 1 aliphatic rings. The second kappa shape index (κ2) is 2.93. The van der Waals surface area contributed by atoms with Crippen molar-refractivity contribution in [2.24, 2.45) is 5.10 Å². The zero-order chi connectivity index (χ0) is 7.78. The van der Waals surface area contributed by atoms with Crippen molar-refractivity contribution in [1.82, 2.24) is 9.35 Å². The van der Waals surface area contributed by atoms with Gasteiger partial charge in [0.05, 0.1) is 16.1 Å². The van der Waals surface area contributed by atoms with Crippen LogP contribution in [0.15, 0.2) is 5.10 Å². The molecule has 0 saturated carbocycles. The van der Waals surface area contributed by atoms with Crippen LogP contribution in [0.5, 0.6) is 0 Å². The van der Waals surface area contributed by atoms with E-state index in [1.807, 2.05) is 0 Å². The second-order valence-corrected chi connectivity index (χ2v) is 4.75. The summed E-state index contributed by atoms with van der Waals surface area (Å²) in [7, 11) is 0. The van der Waals surface area contributed by atoms with E-state index in [1.54, 1.807) is 3.93 Å². The molecule has 0 saturated heterocycles. The van der Waals surface area contributed by atoms with Gasteiger partial charge in [-0.3, -0.25) is 9.35 Å². The van der Waals surface area contributed by atoms with Gasteiger partial charge in [-0.05, 0) is 0 Å². The van der Waals surface area contributed by atoms with Gasteiger partial charge in [-0.25, -0.2) is 0 Å². The Hall–Kier alpha value is 0.620. The van der Waals surface area contributed by atoms with Crippen LogP contribution in [-0.2, 0) is 0 Å². The lowest BCUT2D eigenvalue weighted by Gasteiger charge is -2.15. The number of hydrazone groups is 1. The van der Waals surface area contributed by atoms with Crippen LogP contribution in [0.1, 0.15) is 0 Å². The van der Waals surface area contributed by atoms with Crippen LogP contribution in [-0.4, -0.2) is 20.2 Å². The fourth-order valence-electron chi connectivity index (χ4n) is 0.502. The van der Waals surface area contributed by atoms with Gasteiger partial charge in [0.1, 0.15) is 6.67 Å². The highest BCUT2D eigenvalue weighted by Gasteiger charge is 2.34. The van der Waals surface area contributed by atoms with Gasteiger partial charge in [0.25, 0.3) is 3.79 Å². The van der Waals surface area contributed by atoms with Crippen molar-refractivity contribution >= 4 is 56.8 Å². The fourth-order valence-corrected chi connectivity index (χ4v) is 1.70. The molecule has 1 aliphatic heterocycles. The van der Waals surface area contributed by atoms with E-state index in [0.717, 1.165) is 0 Å². The van der Waals surface area contributed by atoms with Gasteiger partial charge in [-0.15, -0.1) is 0 Å². The molecule has 0 fully saturated rings. The quantitative estimate of drug-likeness (QED) is 0.536. The summed E-state index contributed by atoms with van der Waals surface area (Å²) in [6.45, 7) is 0.503. The van der Waals surface area contributed by atoms with Crippen molar-refractivity contribution < 1.29 is 0 Å². The molecule has 1 rings (SSSR count). The SMILES string of the molecule is ClC(Cl)(Cl)C1=NNCN1Br. The van der Waals surface area contributed by atoms with Gasteiger partial charge in [-0.1, -0.05) is 34.8 Å². The highest BCUT2D eigenvalue weighted by Crippen LogP contribution is 2.31. The Kier molecular flexibility index (Phi) is 2.55. The summed E-state index contributed by atoms with van der Waals surface area (Å²) < 4.78 is 0.0764. The van der Waals surface area contributed by atoms with E-state index in [9.17, 15) is 0 Å². The van der Waals surface area contributed by atoms with Gasteiger partial charge in [0.2, 0.25) is 0 Å². The number of nitrogens with zero attached hydrogens (tertiary/aromatic N) is 2. The molecule has 10 heavy (non-hydrogen) atoms. The molecule has 7 heteroatoms. The van der Waals surface area contributed by atoms with E-state index in [-0.39, 0.29) is 0 Å². The Labute approximate surface area is 81.6 Å². The minimum absolute atomic E-state index is 0.345. The molecule has 0 bridgehead atoms. The number of rotatable bonds is 0. The van der Waals surface area contributed by atoms with Crippen LogP contribution in [0.4, 0.5) is 0 Å². The van der Waals surface area contributed by atoms with Crippen LogP contribution < -0.4 is 5.43 Å². The van der Waals surface area contributed by atoms with Gasteiger partial charge in [0.15, 0.2) is 5.84 Å². The van der Waals surface area contributed by atoms with Gasteiger partial charge < -0.3 is 0 Å². The van der Waals surface area contributed by atoms with E-state index in [1.165, 1.54) is 0 Å². The van der Waals surface area contributed by atoms with Crippen LogP contribution in [0, 0.1) is 0 Å². The average Bonchev–Trinajstić information content (AvgIpc) is 2.11. The molecular weight excluding hydrogens is 264 g/mol. The molecule has 58 valence electrons. The van der Waals surface area contributed by atoms with E-state index < -0.39 is 3.79 Å². The zero-order valence-corrected chi connectivity index (χ0v) is 8.47. The highest BCUT2D eigenvalue weighted by molar-refractivity contribution is 9.07. The summed E-state index contributed by atoms with van der Waals surface area (Å²) in [6.07, 6.45) is 0. The first kappa shape index (κ1) is 8.71. The summed E-state index contributed by atoms with van der Waals surface area (Å²) >= 11 is 19.7. The number of hydrogen-bond donors (Lipinski definition) is 1. The minimum Gasteiger partial charge on any atom is -0.288 e. The third-order valence-corrected chi connectivity index (χ3v) is 1.97. The molecule has 0 unspecified atom stereocenters. The smallest absolute Gasteiger partial charge is 0.250 e. The number of amidine groups is 1. The number of alkyl halides is 3. The summed E-state index contributed by atoms with van der Waals surface area (Å²) in [6, 6.07) is 0. The standard InChI is InChI=1S/C3H3BrCl3N3/c4-10-1-8-9-2(10)3(5,6)7/h8H,1H2. The maximum absolute atomic E-state index is 5.52. The van der Waals surface area contributed by atoms with Crippen molar-refractivity contribution in [3.05, 3.63) is 0 Å². The van der Waals surface area contributed by atoms with Crippen molar-refractivity contribution in [3.8, 4) is 0 Å². The molecule has 0 spiro atoms. The molecule has 1 N–H and O–H groups in total. The largest absolute Gasteiger partial charge is 0.288 e. The second-order valence-electron chi connectivity index (χ2n) is 1.61. The van der Waals surface area contributed by atoms with Gasteiger partial charge >= 0.3 is 0 Å². The first-order valence-electron chi connectivity index (χ1n) is 2.33.